The van der Waals surface area contributed by atoms with E-state index in [1.54, 1.807) is 24.3 Å². The summed E-state index contributed by atoms with van der Waals surface area (Å²) in [5.74, 6) is -1.11. The number of carbonyl (C=O) groups is 1. The molecule has 1 aliphatic rings. The molecule has 1 aromatic rings. The largest absolute Gasteiger partial charge is 0.358 e. The normalized spacial score (nSPS) is 17.6. The van der Waals surface area contributed by atoms with E-state index in [0.29, 0.717) is 0 Å². The van der Waals surface area contributed by atoms with Crippen molar-refractivity contribution in [2.75, 3.05) is 25.9 Å². The second kappa shape index (κ2) is 7.20. The Morgan fingerprint density at radius 1 is 1.12 bits per heavy atom. The van der Waals surface area contributed by atoms with Gasteiger partial charge in [-0.2, -0.15) is 4.31 Å². The number of aryl methyl sites for hydroxylation is 1. The average Bonchev–Trinajstić information content (AvgIpc) is 2.55. The molecule has 1 aromatic carbocycles. The molecule has 0 spiro atoms. The number of nitrogens with zero attached hydrogens (tertiary/aromatic N) is 1. The molecule has 1 aliphatic heterocycles. The highest BCUT2D eigenvalue weighted by Crippen LogP contribution is 2.24. The zero-order chi connectivity index (χ0) is 18.0. The highest BCUT2D eigenvalue weighted by atomic mass is 32.2. The van der Waals surface area contributed by atoms with Crippen molar-refractivity contribution in [1.29, 1.82) is 0 Å². The van der Waals surface area contributed by atoms with E-state index >= 15 is 0 Å². The maximum Gasteiger partial charge on any atom is 0.243 e. The summed E-state index contributed by atoms with van der Waals surface area (Å²) in [6.07, 6.45) is 0.398. The van der Waals surface area contributed by atoms with Crippen LogP contribution in [-0.4, -0.2) is 58.2 Å². The van der Waals surface area contributed by atoms with Crippen LogP contribution in [0.4, 0.5) is 0 Å². The van der Waals surface area contributed by atoms with Crippen molar-refractivity contribution < 1.29 is 21.6 Å². The van der Waals surface area contributed by atoms with Crippen molar-refractivity contribution >= 4 is 25.8 Å². The summed E-state index contributed by atoms with van der Waals surface area (Å²) in [5.41, 5.74) is 0.966. The number of rotatable bonds is 5. The Kier molecular flexibility index (Phi) is 5.67. The molecule has 0 aromatic heterocycles. The van der Waals surface area contributed by atoms with Crippen LogP contribution in [0.2, 0.25) is 0 Å². The van der Waals surface area contributed by atoms with E-state index < -0.39 is 36.8 Å². The van der Waals surface area contributed by atoms with Gasteiger partial charge < -0.3 is 5.32 Å². The molecular formula is C15H22N2O5S2. The summed E-state index contributed by atoms with van der Waals surface area (Å²) in [6.45, 7) is 2.14. The fraction of sp³-hybridized carbons (Fsp3) is 0.533. The van der Waals surface area contributed by atoms with E-state index in [4.69, 9.17) is 0 Å². The van der Waals surface area contributed by atoms with Gasteiger partial charge in [-0.25, -0.2) is 16.8 Å². The summed E-state index contributed by atoms with van der Waals surface area (Å²) in [6, 6.07) is 6.57. The Balaban J connectivity index is 2.07. The van der Waals surface area contributed by atoms with Crippen molar-refractivity contribution in [2.45, 2.75) is 29.9 Å². The zero-order valence-electron chi connectivity index (χ0n) is 13.7. The van der Waals surface area contributed by atoms with E-state index in [1.165, 1.54) is 11.4 Å². The molecule has 0 aliphatic carbocycles. The van der Waals surface area contributed by atoms with E-state index in [0.717, 1.165) is 5.56 Å². The van der Waals surface area contributed by atoms with Crippen molar-refractivity contribution in [3.8, 4) is 0 Å². The van der Waals surface area contributed by atoms with Crippen LogP contribution in [0.15, 0.2) is 29.2 Å². The Bertz CT molecular complexity index is 793. The van der Waals surface area contributed by atoms with E-state index in [1.807, 2.05) is 6.92 Å². The third kappa shape index (κ3) is 4.14. The summed E-state index contributed by atoms with van der Waals surface area (Å²) in [5, 5.41) is 1.61. The van der Waals surface area contributed by atoms with Gasteiger partial charge in [-0.3, -0.25) is 4.79 Å². The van der Waals surface area contributed by atoms with Crippen LogP contribution in [0.1, 0.15) is 18.4 Å². The maximum atomic E-state index is 12.6. The van der Waals surface area contributed by atoms with E-state index in [2.05, 4.69) is 5.32 Å². The molecule has 0 atom stereocenters. The molecule has 0 bridgehead atoms. The molecule has 134 valence electrons. The molecule has 1 fully saturated rings. The smallest absolute Gasteiger partial charge is 0.243 e. The highest BCUT2D eigenvalue weighted by Gasteiger charge is 2.35. The number of hydrogen-bond donors (Lipinski definition) is 1. The predicted molar refractivity (Wildman–Crippen MR) is 90.8 cm³/mol. The predicted octanol–water partition coefficient (Wildman–Crippen LogP) is 0.309. The van der Waals surface area contributed by atoms with Gasteiger partial charge in [0.2, 0.25) is 15.9 Å². The molecule has 7 nitrogen and oxygen atoms in total. The van der Waals surface area contributed by atoms with Crippen LogP contribution in [-0.2, 0) is 24.7 Å². The fourth-order valence-corrected chi connectivity index (χ4v) is 5.81. The number of carbonyl (C=O) groups excluding carboxylic acids is 1. The molecule has 0 radical (unpaired) electrons. The molecule has 0 saturated carbocycles. The Morgan fingerprint density at radius 2 is 1.67 bits per heavy atom. The third-order valence-corrected chi connectivity index (χ3v) is 8.24. The topological polar surface area (TPSA) is 101 Å². The van der Waals surface area contributed by atoms with Crippen molar-refractivity contribution in [1.82, 2.24) is 9.62 Å². The Morgan fingerprint density at radius 3 is 2.17 bits per heavy atom. The number of amides is 1. The molecule has 0 unspecified atom stereocenters. The van der Waals surface area contributed by atoms with Crippen LogP contribution in [0.5, 0.6) is 0 Å². The second-order valence-corrected chi connectivity index (χ2v) is 10.1. The monoisotopic (exact) mass is 374 g/mol. The molecule has 9 heteroatoms. The van der Waals surface area contributed by atoms with Gasteiger partial charge in [0.15, 0.2) is 9.84 Å². The van der Waals surface area contributed by atoms with Gasteiger partial charge >= 0.3 is 0 Å². The fourth-order valence-electron chi connectivity index (χ4n) is 2.66. The first-order chi connectivity index (χ1) is 11.2. The van der Waals surface area contributed by atoms with Gasteiger partial charge in [-0.1, -0.05) is 17.7 Å². The Hall–Kier alpha value is -1.45. The Labute approximate surface area is 143 Å². The molecule has 1 saturated heterocycles. The standard InChI is InChI=1S/C15H22N2O5S2/c1-12-3-5-14(6-4-12)24(21,22)17-9-7-13(8-10-17)23(19,20)11-15(18)16-2/h3-6,13H,7-11H2,1-2H3,(H,16,18). The molecule has 1 amide bonds. The van der Waals surface area contributed by atoms with Crippen LogP contribution >= 0.6 is 0 Å². The molecule has 2 rings (SSSR count). The van der Waals surface area contributed by atoms with Gasteiger partial charge in [-0.05, 0) is 31.9 Å². The van der Waals surface area contributed by atoms with Gasteiger partial charge in [0.1, 0.15) is 5.75 Å². The summed E-state index contributed by atoms with van der Waals surface area (Å²) in [7, 11) is -5.80. The summed E-state index contributed by atoms with van der Waals surface area (Å²) < 4.78 is 50.9. The van der Waals surface area contributed by atoms with Crippen LogP contribution in [0.3, 0.4) is 0 Å². The molecule has 1 N–H and O–H groups in total. The minimum Gasteiger partial charge on any atom is -0.358 e. The molecule has 1 heterocycles. The zero-order valence-corrected chi connectivity index (χ0v) is 15.4. The number of piperidine rings is 1. The van der Waals surface area contributed by atoms with Gasteiger partial charge in [-0.15, -0.1) is 0 Å². The van der Waals surface area contributed by atoms with Gasteiger partial charge in [0, 0.05) is 20.1 Å². The first-order valence-electron chi connectivity index (χ1n) is 7.66. The minimum absolute atomic E-state index is 0.133. The lowest BCUT2D eigenvalue weighted by atomic mass is 10.2. The number of nitrogens with one attached hydrogen (secondary N) is 1. The van der Waals surface area contributed by atoms with Gasteiger partial charge in [0.05, 0.1) is 10.1 Å². The molecular weight excluding hydrogens is 352 g/mol. The average molecular weight is 374 g/mol. The van der Waals surface area contributed by atoms with Crippen LogP contribution < -0.4 is 5.32 Å². The number of benzene rings is 1. The van der Waals surface area contributed by atoms with Gasteiger partial charge in [0.25, 0.3) is 0 Å². The number of hydrogen-bond acceptors (Lipinski definition) is 5. The number of sulfone groups is 1. The minimum atomic E-state index is -3.62. The van der Waals surface area contributed by atoms with Crippen LogP contribution in [0.25, 0.3) is 0 Å². The number of sulfonamides is 1. The first kappa shape index (κ1) is 18.9. The summed E-state index contributed by atoms with van der Waals surface area (Å²) >= 11 is 0. The maximum absolute atomic E-state index is 12.6. The molecule has 24 heavy (non-hydrogen) atoms. The SMILES string of the molecule is CNC(=O)CS(=O)(=O)C1CCN(S(=O)(=O)c2ccc(C)cc2)CC1. The van der Waals surface area contributed by atoms with Crippen molar-refractivity contribution in [3.05, 3.63) is 29.8 Å². The van der Waals surface area contributed by atoms with Crippen molar-refractivity contribution in [2.24, 2.45) is 0 Å². The van der Waals surface area contributed by atoms with Crippen LogP contribution in [0, 0.1) is 6.92 Å². The van der Waals surface area contributed by atoms with E-state index in [9.17, 15) is 21.6 Å². The third-order valence-electron chi connectivity index (χ3n) is 4.18. The van der Waals surface area contributed by atoms with E-state index in [-0.39, 0.29) is 30.8 Å². The van der Waals surface area contributed by atoms with Crippen molar-refractivity contribution in [3.63, 3.8) is 0 Å². The second-order valence-electron chi connectivity index (χ2n) is 5.90. The lowest BCUT2D eigenvalue weighted by molar-refractivity contribution is -0.118. The lowest BCUT2D eigenvalue weighted by Crippen LogP contribution is -2.44. The first-order valence-corrected chi connectivity index (χ1v) is 10.8. The quantitative estimate of drug-likeness (QED) is 0.799. The lowest BCUT2D eigenvalue weighted by Gasteiger charge is -2.30. The summed E-state index contributed by atoms with van der Waals surface area (Å²) in [4.78, 5) is 11.5. The highest BCUT2D eigenvalue weighted by molar-refractivity contribution is 7.92.